The Hall–Kier alpha value is -0.630. The lowest BCUT2D eigenvalue weighted by atomic mass is 9.94. The lowest BCUT2D eigenvalue weighted by Gasteiger charge is -2.45. The first-order valence-corrected chi connectivity index (χ1v) is 6.43. The van der Waals surface area contributed by atoms with Crippen LogP contribution in [-0.4, -0.2) is 53.6 Å². The fourth-order valence-electron chi connectivity index (χ4n) is 2.59. The summed E-state index contributed by atoms with van der Waals surface area (Å²) in [6.07, 6.45) is 0.729. The average molecular weight is 238 g/mol. The van der Waals surface area contributed by atoms with Crippen LogP contribution in [0.2, 0.25) is 0 Å². The molecule has 1 saturated heterocycles. The van der Waals surface area contributed by atoms with Crippen molar-refractivity contribution in [3.05, 3.63) is 0 Å². The third-order valence-corrected chi connectivity index (χ3v) is 3.99. The number of rotatable bonds is 3. The fraction of sp³-hybridized carbons (Fsp3) is 0.923. The molecule has 1 rings (SSSR count). The highest BCUT2D eigenvalue weighted by molar-refractivity contribution is 5.03. The molecule has 0 aromatic carbocycles. The van der Waals surface area contributed by atoms with Gasteiger partial charge in [-0.2, -0.15) is 5.26 Å². The van der Waals surface area contributed by atoms with Crippen LogP contribution >= 0.6 is 0 Å². The Morgan fingerprint density at radius 1 is 1.41 bits per heavy atom. The van der Waals surface area contributed by atoms with Gasteiger partial charge in [0.25, 0.3) is 0 Å². The van der Waals surface area contributed by atoms with Crippen molar-refractivity contribution in [3.63, 3.8) is 0 Å². The van der Waals surface area contributed by atoms with E-state index in [1.165, 1.54) is 0 Å². The minimum absolute atomic E-state index is 0.364. The maximum atomic E-state index is 8.99. The number of hydrogen-bond donors (Lipinski definition) is 1. The molecule has 0 radical (unpaired) electrons. The first-order chi connectivity index (χ1) is 7.76. The highest BCUT2D eigenvalue weighted by Crippen LogP contribution is 2.19. The summed E-state index contributed by atoms with van der Waals surface area (Å²) in [5.74, 6) is 0. The van der Waals surface area contributed by atoms with E-state index in [1.807, 2.05) is 6.92 Å². The van der Waals surface area contributed by atoms with Gasteiger partial charge in [-0.3, -0.25) is 9.80 Å². The van der Waals surface area contributed by atoms with Crippen molar-refractivity contribution in [2.45, 2.75) is 57.8 Å². The Labute approximate surface area is 105 Å². The number of piperazine rings is 1. The van der Waals surface area contributed by atoms with Gasteiger partial charge in [0.1, 0.15) is 5.54 Å². The van der Waals surface area contributed by atoms with Crippen molar-refractivity contribution < 1.29 is 0 Å². The first-order valence-electron chi connectivity index (χ1n) is 6.43. The molecule has 4 atom stereocenters. The molecule has 0 spiro atoms. The third-order valence-electron chi connectivity index (χ3n) is 3.99. The Kier molecular flexibility index (Phi) is 4.54. The van der Waals surface area contributed by atoms with E-state index in [1.54, 1.807) is 0 Å². The maximum absolute atomic E-state index is 8.99. The molecule has 2 N–H and O–H groups in total. The quantitative estimate of drug-likeness (QED) is 0.798. The lowest BCUT2D eigenvalue weighted by Crippen LogP contribution is -2.58. The van der Waals surface area contributed by atoms with Crippen molar-refractivity contribution in [2.24, 2.45) is 5.73 Å². The predicted molar refractivity (Wildman–Crippen MR) is 70.5 cm³/mol. The van der Waals surface area contributed by atoms with Crippen LogP contribution in [0.5, 0.6) is 0 Å². The first kappa shape index (κ1) is 14.4. The van der Waals surface area contributed by atoms with E-state index in [2.05, 4.69) is 43.7 Å². The summed E-state index contributed by atoms with van der Waals surface area (Å²) < 4.78 is 0. The normalized spacial score (nSPS) is 32.8. The van der Waals surface area contributed by atoms with Gasteiger partial charge in [0, 0.05) is 31.2 Å². The molecule has 4 nitrogen and oxygen atoms in total. The summed E-state index contributed by atoms with van der Waals surface area (Å²) in [6, 6.07) is 3.67. The highest BCUT2D eigenvalue weighted by Gasteiger charge is 2.31. The van der Waals surface area contributed by atoms with E-state index in [0.29, 0.717) is 18.1 Å². The largest absolute Gasteiger partial charge is 0.314 e. The number of nitrogens with zero attached hydrogens (tertiary/aromatic N) is 3. The van der Waals surface area contributed by atoms with Crippen LogP contribution in [0.4, 0.5) is 0 Å². The Morgan fingerprint density at radius 3 is 2.29 bits per heavy atom. The van der Waals surface area contributed by atoms with Crippen LogP contribution in [0, 0.1) is 11.3 Å². The maximum Gasteiger partial charge on any atom is 0.102 e. The predicted octanol–water partition coefficient (Wildman–Crippen LogP) is 1.03. The summed E-state index contributed by atoms with van der Waals surface area (Å²) >= 11 is 0. The van der Waals surface area contributed by atoms with Crippen molar-refractivity contribution in [1.29, 1.82) is 5.26 Å². The molecular formula is C13H26N4. The zero-order valence-electron chi connectivity index (χ0n) is 11.8. The molecule has 1 aliphatic heterocycles. The summed E-state index contributed by atoms with van der Waals surface area (Å²) in [5.41, 5.74) is 5.21. The second-order valence-corrected chi connectivity index (χ2v) is 5.90. The van der Waals surface area contributed by atoms with E-state index in [4.69, 9.17) is 11.0 Å². The molecule has 98 valence electrons. The number of nitrogens with two attached hydrogens (primary N) is 1. The molecule has 0 bridgehead atoms. The molecule has 1 aliphatic rings. The van der Waals surface area contributed by atoms with Gasteiger partial charge in [-0.15, -0.1) is 0 Å². The van der Waals surface area contributed by atoms with Crippen LogP contribution in [0.3, 0.4) is 0 Å². The van der Waals surface area contributed by atoms with Gasteiger partial charge < -0.3 is 5.73 Å². The summed E-state index contributed by atoms with van der Waals surface area (Å²) in [5, 5.41) is 8.99. The van der Waals surface area contributed by atoms with E-state index < -0.39 is 5.54 Å². The van der Waals surface area contributed by atoms with Crippen LogP contribution in [0.25, 0.3) is 0 Å². The Morgan fingerprint density at radius 2 is 1.88 bits per heavy atom. The number of likely N-dealkylation sites (N-methyl/N-ethyl adjacent to an activating group) is 1. The van der Waals surface area contributed by atoms with Gasteiger partial charge in [0.15, 0.2) is 0 Å². The average Bonchev–Trinajstić information content (AvgIpc) is 2.24. The molecule has 4 unspecified atom stereocenters. The van der Waals surface area contributed by atoms with Gasteiger partial charge in [0.2, 0.25) is 0 Å². The fourth-order valence-corrected chi connectivity index (χ4v) is 2.59. The van der Waals surface area contributed by atoms with Gasteiger partial charge in [-0.25, -0.2) is 0 Å². The number of hydrogen-bond acceptors (Lipinski definition) is 4. The van der Waals surface area contributed by atoms with Crippen molar-refractivity contribution in [3.8, 4) is 6.07 Å². The van der Waals surface area contributed by atoms with Crippen molar-refractivity contribution in [2.75, 3.05) is 20.1 Å². The standard InChI is InChI=1S/C13H26N4/c1-10(6-13(4,15)9-14)17-7-11(2)16(5)12(3)8-17/h10-12H,6-8,15H2,1-5H3. The summed E-state index contributed by atoms with van der Waals surface area (Å²) in [7, 11) is 2.18. The van der Waals surface area contributed by atoms with E-state index in [0.717, 1.165) is 19.5 Å². The molecule has 1 heterocycles. The van der Waals surface area contributed by atoms with Gasteiger partial charge in [-0.1, -0.05) is 0 Å². The second kappa shape index (κ2) is 5.34. The molecule has 0 amide bonds. The topological polar surface area (TPSA) is 56.3 Å². The van der Waals surface area contributed by atoms with Crippen molar-refractivity contribution >= 4 is 0 Å². The van der Waals surface area contributed by atoms with Crippen molar-refractivity contribution in [1.82, 2.24) is 9.80 Å². The summed E-state index contributed by atoms with van der Waals surface area (Å²) in [6.45, 7) is 10.6. The van der Waals surface area contributed by atoms with E-state index in [9.17, 15) is 0 Å². The minimum Gasteiger partial charge on any atom is -0.314 e. The number of nitriles is 1. The molecular weight excluding hydrogens is 212 g/mol. The third kappa shape index (κ3) is 3.67. The molecule has 17 heavy (non-hydrogen) atoms. The molecule has 0 aromatic heterocycles. The lowest BCUT2D eigenvalue weighted by molar-refractivity contribution is 0.0328. The van der Waals surface area contributed by atoms with Gasteiger partial charge in [0.05, 0.1) is 6.07 Å². The van der Waals surface area contributed by atoms with E-state index >= 15 is 0 Å². The Bertz CT molecular complexity index is 282. The van der Waals surface area contributed by atoms with Gasteiger partial charge in [-0.05, 0) is 41.2 Å². The van der Waals surface area contributed by atoms with E-state index in [-0.39, 0.29) is 0 Å². The zero-order chi connectivity index (χ0) is 13.2. The zero-order valence-corrected chi connectivity index (χ0v) is 11.8. The van der Waals surface area contributed by atoms with Crippen LogP contribution in [0.1, 0.15) is 34.1 Å². The van der Waals surface area contributed by atoms with Crippen LogP contribution in [0.15, 0.2) is 0 Å². The molecule has 0 saturated carbocycles. The van der Waals surface area contributed by atoms with Crippen LogP contribution < -0.4 is 5.73 Å². The Balaban J connectivity index is 2.60. The highest BCUT2D eigenvalue weighted by atomic mass is 15.3. The molecule has 0 aromatic rings. The van der Waals surface area contributed by atoms with Gasteiger partial charge >= 0.3 is 0 Å². The summed E-state index contributed by atoms with van der Waals surface area (Å²) in [4.78, 5) is 4.87. The smallest absolute Gasteiger partial charge is 0.102 e. The second-order valence-electron chi connectivity index (χ2n) is 5.90. The minimum atomic E-state index is -0.713. The van der Waals surface area contributed by atoms with Crippen LogP contribution in [-0.2, 0) is 0 Å². The molecule has 1 fully saturated rings. The molecule has 0 aliphatic carbocycles. The SMILES string of the molecule is CC(CC(C)(N)C#N)N1CC(C)N(C)C(C)C1. The molecule has 4 heteroatoms. The monoisotopic (exact) mass is 238 g/mol.